The number of likely N-dealkylation sites (N-methyl/N-ethyl adjacent to an activating group) is 1. The quantitative estimate of drug-likeness (QED) is 0.0128. The van der Waals surface area contributed by atoms with E-state index in [4.69, 9.17) is 71.1 Å². The van der Waals surface area contributed by atoms with Gasteiger partial charge in [-0.25, -0.2) is 9.59 Å². The van der Waals surface area contributed by atoms with Crippen LogP contribution in [-0.2, 0) is 76.0 Å². The molecule has 0 spiro atoms. The molecule has 8 aliphatic rings. The van der Waals surface area contributed by atoms with Crippen molar-refractivity contribution < 1.29 is 130 Å². The summed E-state index contributed by atoms with van der Waals surface area (Å²) in [5, 5.41) is 60.1. The maximum Gasteiger partial charge on any atom is 0.413 e. The second-order valence-corrected chi connectivity index (χ2v) is 32.4. The fraction of sp³-hybridized carbons (Fsp3) is 0.643. The summed E-state index contributed by atoms with van der Waals surface area (Å²) in [5.41, 5.74) is -1.91. The molecule has 6 N–H and O–H groups in total. The van der Waals surface area contributed by atoms with Crippen molar-refractivity contribution in [3.8, 4) is 40.9 Å². The molecule has 9 rings (SSSR count). The van der Waals surface area contributed by atoms with E-state index in [0.717, 1.165) is 18.9 Å². The average Bonchev–Trinajstić information content (AvgIpc) is 1.12. The molecule has 4 saturated heterocycles. The number of amides is 4. The number of esters is 1. The monoisotopic (exact) mass is 1660 g/mol. The lowest BCUT2D eigenvalue weighted by molar-refractivity contribution is -0.338. The van der Waals surface area contributed by atoms with E-state index < -0.39 is 163 Å². The molecule has 5 heterocycles. The highest BCUT2D eigenvalue weighted by atomic mass is 127. The van der Waals surface area contributed by atoms with E-state index in [0.29, 0.717) is 34.8 Å². The van der Waals surface area contributed by atoms with Crippen molar-refractivity contribution in [2.24, 2.45) is 17.8 Å². The van der Waals surface area contributed by atoms with Gasteiger partial charge in [-0.1, -0.05) is 63.1 Å². The van der Waals surface area contributed by atoms with Gasteiger partial charge in [-0.05, 0) is 123 Å². The SMILES string of the molecule is CCN(C(=O)OCOC(=O)C1CCC(CN2C(=O)C=CC2=O)CC1)[C@H]1CO[C@@H](O[C@H]2C(O[C@H]3C#C/C=C\C#C[C@@]4(O)CC(=O)C(NC(=O)OC)=C3/C4=C\CSSSC)O[C@H](C)[C@@H](CO[C@H]3C[C@H](O)[C@H](SC(=O)c4c(C)c(I)c(O[C@@H]5O[C@@H](C)[C@H](O)[C@@H](OC)[C@H]5O)c(OC)c4OC)[C@@H](C)O3)[C@@H]2O)C[C@@H]1OC. The number of alkyl carbamates (subject to hydrolysis) is 1. The summed E-state index contributed by atoms with van der Waals surface area (Å²) in [5.74, 6) is 8.38. The first-order valence-corrected chi connectivity index (χ1v) is 40.1. The minimum Gasteiger partial charge on any atom is -0.492 e. The van der Waals surface area contributed by atoms with Gasteiger partial charge in [0, 0.05) is 75.1 Å². The summed E-state index contributed by atoms with van der Waals surface area (Å²) < 4.78 is 90.8. The Bertz CT molecular complexity index is 3560. The molecule has 5 fully saturated rings. The van der Waals surface area contributed by atoms with E-state index in [1.807, 2.05) is 28.8 Å². The number of aliphatic hydroxyl groups excluding tert-OH is 4. The van der Waals surface area contributed by atoms with Gasteiger partial charge >= 0.3 is 18.2 Å². The second kappa shape index (κ2) is 38.4. The first-order chi connectivity index (χ1) is 50.2. The zero-order chi connectivity index (χ0) is 76.1. The van der Waals surface area contributed by atoms with Crippen LogP contribution in [0.4, 0.5) is 9.59 Å². The molecule has 3 aliphatic carbocycles. The molecule has 0 radical (unpaired) electrons. The van der Waals surface area contributed by atoms with Crippen molar-refractivity contribution in [2.45, 2.75) is 189 Å². The van der Waals surface area contributed by atoms with Crippen molar-refractivity contribution in [3.63, 3.8) is 0 Å². The van der Waals surface area contributed by atoms with Gasteiger partial charge in [0.2, 0.25) is 23.9 Å². The van der Waals surface area contributed by atoms with Crippen LogP contribution in [0.3, 0.4) is 0 Å². The molecule has 1 saturated carbocycles. The van der Waals surface area contributed by atoms with Crippen molar-refractivity contribution in [3.05, 3.63) is 61.9 Å². The highest BCUT2D eigenvalue weighted by Gasteiger charge is 2.53. The molecule has 35 heteroatoms. The summed E-state index contributed by atoms with van der Waals surface area (Å²) >= 11 is 2.79. The van der Waals surface area contributed by atoms with Crippen LogP contribution in [0.1, 0.15) is 88.6 Å². The summed E-state index contributed by atoms with van der Waals surface area (Å²) in [6.07, 6.45) is -9.98. The van der Waals surface area contributed by atoms with Gasteiger partial charge in [-0.15, -0.1) is 0 Å². The number of ether oxygens (including phenoxy) is 15. The lowest BCUT2D eigenvalue weighted by atomic mass is 9.75. The number of benzene rings is 1. The number of ketones is 1. The fourth-order valence-corrected chi connectivity index (χ4v) is 18.0. The van der Waals surface area contributed by atoms with Gasteiger partial charge in [-0.2, -0.15) is 0 Å². The number of halogens is 1. The summed E-state index contributed by atoms with van der Waals surface area (Å²) in [4.78, 5) is 95.8. The van der Waals surface area contributed by atoms with E-state index in [1.54, 1.807) is 40.7 Å². The van der Waals surface area contributed by atoms with Gasteiger partial charge in [-0.3, -0.25) is 34.2 Å². The Labute approximate surface area is 637 Å². The Morgan fingerprint density at radius 2 is 1.53 bits per heavy atom. The van der Waals surface area contributed by atoms with Gasteiger partial charge < -0.3 is 101 Å². The van der Waals surface area contributed by atoms with Crippen molar-refractivity contribution in [1.29, 1.82) is 0 Å². The number of hydrogen-bond donors (Lipinski definition) is 6. The number of carbonyl (C=O) groups excluding carboxylic acids is 7. The number of imide groups is 1. The number of nitrogens with zero attached hydrogens (tertiary/aromatic N) is 2. The molecule has 578 valence electrons. The Morgan fingerprint density at radius 3 is 2.19 bits per heavy atom. The molecule has 0 aromatic heterocycles. The Kier molecular flexibility index (Phi) is 30.7. The molecule has 1 aromatic rings. The highest BCUT2D eigenvalue weighted by molar-refractivity contribution is 14.1. The van der Waals surface area contributed by atoms with Crippen LogP contribution < -0.4 is 19.5 Å². The molecule has 4 amide bonds. The van der Waals surface area contributed by atoms with E-state index in [1.165, 1.54) is 94.0 Å². The Morgan fingerprint density at radius 1 is 0.829 bits per heavy atom. The van der Waals surface area contributed by atoms with Crippen molar-refractivity contribution in [1.82, 2.24) is 15.1 Å². The number of carbonyl (C=O) groups is 7. The van der Waals surface area contributed by atoms with Crippen LogP contribution in [0.15, 0.2) is 47.2 Å². The van der Waals surface area contributed by atoms with E-state index in [-0.39, 0.29) is 102 Å². The van der Waals surface area contributed by atoms with Crippen LogP contribution in [0.5, 0.6) is 17.2 Å². The van der Waals surface area contributed by atoms with Crippen LogP contribution in [-0.4, -0.2) is 266 Å². The fourth-order valence-electron chi connectivity index (χ4n) is 13.8. The lowest BCUT2D eigenvalue weighted by Crippen LogP contribution is -2.60. The third kappa shape index (κ3) is 19.7. The third-order valence-electron chi connectivity index (χ3n) is 19.5. The second-order valence-electron chi connectivity index (χ2n) is 25.8. The zero-order valence-corrected chi connectivity index (χ0v) is 65.2. The molecular weight excluding hydrogens is 1570 g/mol. The third-order valence-corrected chi connectivity index (χ3v) is 25.9. The van der Waals surface area contributed by atoms with Gasteiger partial charge in [0.15, 0.2) is 41.8 Å². The van der Waals surface area contributed by atoms with Crippen LogP contribution in [0, 0.1) is 51.9 Å². The number of rotatable bonds is 27. The highest BCUT2D eigenvalue weighted by Crippen LogP contribution is 2.50. The summed E-state index contributed by atoms with van der Waals surface area (Å²) in [7, 11) is 10.9. The first kappa shape index (κ1) is 83.8. The van der Waals surface area contributed by atoms with E-state index >= 15 is 0 Å². The number of nitrogens with one attached hydrogen (secondary N) is 1. The number of fused-ring (bicyclic) bond motifs is 2. The molecular formula is C70H90IN3O27S4. The number of thioether (sulfide) groups is 1. The number of hydrogen-bond acceptors (Lipinski definition) is 31. The first-order valence-electron chi connectivity index (χ1n) is 34.1. The molecule has 5 aliphatic heterocycles. The smallest absolute Gasteiger partial charge is 0.413 e. The standard InChI is InChI=1S/C70H90IN3O27S4/c1-12-73(69(85)95-33-94-64(82)39-20-18-38(19-21-39)30-74-47(77)22-23-48(74)78)42-32-93-50(28-46(42)87-6)100-61-56(80)40(35(3)97-67(61)99-45-17-15-13-14-16-25-70(86)29-44(76)54(72-68(84)91-10)52(45)41(70)24-26-103-105-102-11)31-92-49-27-43(75)63(37(5)96-49)104-65(83)51-34(2)53(71)59(62(90-9)58(51)88-7)101-66-57(81)60(89-8)55(79)36(4)98-66/h13-14,22-24,35-40,42-43,45-46,49-50,55-57,60-61,63,66-67,75,79-81,86H,12,18-21,26-33H2,1-11H3,(H,72,84)/b14-13-,41-24+/t35-,36+,37-,38?,39?,40-,42+,43+,45+,46+,49-,50+,55+,56+,57-,60-,61-,63-,66+,67?,70-/m1/s1. The molecule has 2 bridgehead atoms. The average molecular weight is 1660 g/mol. The normalized spacial score (nSPS) is 33.9. The maximum atomic E-state index is 14.6. The predicted molar refractivity (Wildman–Crippen MR) is 389 cm³/mol. The molecule has 1 unspecified atom stereocenters. The number of aliphatic hydroxyl groups is 5. The Hall–Kier alpha value is -5.24. The minimum atomic E-state index is -2.13. The topological polar surface area (TPSA) is 378 Å². The number of allylic oxidation sites excluding steroid dienone is 3. The maximum absolute atomic E-state index is 14.6. The zero-order valence-electron chi connectivity index (χ0n) is 59.7. The van der Waals surface area contributed by atoms with Crippen LogP contribution >= 0.6 is 65.8 Å². The lowest BCUT2D eigenvalue weighted by Gasteiger charge is -2.47. The number of Topliss-reactive ketones (excluding diaryl/α,β-unsaturated/α-hetero) is 1. The van der Waals surface area contributed by atoms with Crippen LogP contribution in [0.25, 0.3) is 0 Å². The van der Waals surface area contributed by atoms with E-state index in [2.05, 4.69) is 29.0 Å². The van der Waals surface area contributed by atoms with Gasteiger partial charge in [0.25, 0.3) is 11.8 Å². The van der Waals surface area contributed by atoms with Gasteiger partial charge in [0.05, 0.1) is 110 Å². The predicted octanol–water partition coefficient (Wildman–Crippen LogP) is 5.02. The number of methoxy groups -OCH3 is 5. The minimum absolute atomic E-state index is 0.000772. The molecule has 30 nitrogen and oxygen atoms in total. The van der Waals surface area contributed by atoms with Crippen LogP contribution in [0.2, 0.25) is 0 Å². The van der Waals surface area contributed by atoms with Crippen molar-refractivity contribution >= 4 is 107 Å². The largest absolute Gasteiger partial charge is 0.492 e. The Balaban J connectivity index is 0.919. The van der Waals surface area contributed by atoms with Crippen molar-refractivity contribution in [2.75, 3.05) is 80.7 Å². The van der Waals surface area contributed by atoms with Gasteiger partial charge in [0.1, 0.15) is 30.5 Å². The molecule has 1 aromatic carbocycles. The summed E-state index contributed by atoms with van der Waals surface area (Å²) in [6, 6.07) is -0.799. The summed E-state index contributed by atoms with van der Waals surface area (Å²) in [6.45, 7) is 7.46. The van der Waals surface area contributed by atoms with E-state index in [9.17, 15) is 59.1 Å². The molecule has 19 atom stereocenters. The molecule has 105 heavy (non-hydrogen) atoms.